The van der Waals surface area contributed by atoms with Gasteiger partial charge in [-0.25, -0.2) is 0 Å². The second kappa shape index (κ2) is 4.31. The Bertz CT molecular complexity index is 475. The number of nitrogens with two attached hydrogens (primary N) is 1. The Kier molecular flexibility index (Phi) is 2.86. The molecule has 1 amide bonds. The molecule has 0 aromatic heterocycles. The molecule has 3 nitrogen and oxygen atoms in total. The topological polar surface area (TPSA) is 60.2 Å². The molecule has 16 heavy (non-hydrogen) atoms. The van der Waals surface area contributed by atoms with Crippen molar-refractivity contribution in [3.05, 3.63) is 41.0 Å². The van der Waals surface area contributed by atoms with Gasteiger partial charge in [0.15, 0.2) is 5.78 Å². The molecule has 0 aliphatic heterocycles. The zero-order valence-corrected chi connectivity index (χ0v) is 8.90. The Morgan fingerprint density at radius 2 is 2.19 bits per heavy atom. The summed E-state index contributed by atoms with van der Waals surface area (Å²) in [5, 5.41) is 0. The van der Waals surface area contributed by atoms with Gasteiger partial charge in [-0.15, -0.1) is 0 Å². The van der Waals surface area contributed by atoms with E-state index < -0.39 is 0 Å². The largest absolute Gasteiger partial charge is 0.369 e. The predicted octanol–water partition coefficient (Wildman–Crippen LogP) is 1.70. The van der Waals surface area contributed by atoms with E-state index in [4.69, 9.17) is 5.73 Å². The molecule has 0 bridgehead atoms. The third kappa shape index (κ3) is 2.19. The molecule has 0 atom stereocenters. The summed E-state index contributed by atoms with van der Waals surface area (Å²) in [6.07, 6.45) is 5.22. The smallest absolute Gasteiger partial charge is 0.221 e. The first-order valence-electron chi connectivity index (χ1n) is 5.28. The number of rotatable bonds is 3. The van der Waals surface area contributed by atoms with Crippen molar-refractivity contribution in [2.45, 2.75) is 19.3 Å². The van der Waals surface area contributed by atoms with Gasteiger partial charge in [0.25, 0.3) is 0 Å². The van der Waals surface area contributed by atoms with Crippen LogP contribution in [-0.4, -0.2) is 11.7 Å². The van der Waals surface area contributed by atoms with Crippen molar-refractivity contribution in [1.82, 2.24) is 0 Å². The SMILES string of the molecule is NC(=O)CC=Cc1ccc2c(c1)C(=O)CC2. The molecule has 0 heterocycles. The highest BCUT2D eigenvalue weighted by Gasteiger charge is 2.18. The number of amides is 1. The first-order valence-corrected chi connectivity index (χ1v) is 5.28. The minimum atomic E-state index is -0.353. The predicted molar refractivity (Wildman–Crippen MR) is 61.9 cm³/mol. The van der Waals surface area contributed by atoms with Crippen LogP contribution in [0, 0.1) is 0 Å². The maximum Gasteiger partial charge on any atom is 0.221 e. The maximum absolute atomic E-state index is 11.5. The van der Waals surface area contributed by atoms with Gasteiger partial charge in [0.1, 0.15) is 0 Å². The number of ketones is 1. The van der Waals surface area contributed by atoms with E-state index >= 15 is 0 Å². The Morgan fingerprint density at radius 3 is 2.94 bits per heavy atom. The zero-order chi connectivity index (χ0) is 11.5. The standard InChI is InChI=1S/C13H13NO2/c14-13(16)3-1-2-9-4-5-10-6-7-12(15)11(10)8-9/h1-2,4-5,8H,3,6-7H2,(H2,14,16). The van der Waals surface area contributed by atoms with Gasteiger partial charge in [-0.2, -0.15) is 0 Å². The molecular weight excluding hydrogens is 202 g/mol. The number of primary amides is 1. The molecule has 82 valence electrons. The fourth-order valence-electron chi connectivity index (χ4n) is 1.87. The summed E-state index contributed by atoms with van der Waals surface area (Å²) < 4.78 is 0. The quantitative estimate of drug-likeness (QED) is 0.834. The lowest BCUT2D eigenvalue weighted by molar-refractivity contribution is -0.117. The highest BCUT2D eigenvalue weighted by Crippen LogP contribution is 2.23. The van der Waals surface area contributed by atoms with Gasteiger partial charge in [0, 0.05) is 18.4 Å². The van der Waals surface area contributed by atoms with Crippen LogP contribution >= 0.6 is 0 Å². The van der Waals surface area contributed by atoms with E-state index in [2.05, 4.69) is 0 Å². The van der Waals surface area contributed by atoms with Crippen molar-refractivity contribution in [3.63, 3.8) is 0 Å². The molecule has 2 N–H and O–H groups in total. The molecule has 0 spiro atoms. The molecule has 0 unspecified atom stereocenters. The zero-order valence-electron chi connectivity index (χ0n) is 8.90. The van der Waals surface area contributed by atoms with E-state index in [-0.39, 0.29) is 18.1 Å². The van der Waals surface area contributed by atoms with Crippen LogP contribution < -0.4 is 5.73 Å². The normalized spacial score (nSPS) is 14.4. The fourth-order valence-corrected chi connectivity index (χ4v) is 1.87. The van der Waals surface area contributed by atoms with Crippen LogP contribution in [0.15, 0.2) is 24.3 Å². The molecule has 1 aliphatic rings. The van der Waals surface area contributed by atoms with E-state index in [0.717, 1.165) is 23.1 Å². The second-order valence-corrected chi connectivity index (χ2v) is 3.91. The lowest BCUT2D eigenvalue weighted by Gasteiger charge is -1.99. The van der Waals surface area contributed by atoms with Crippen LogP contribution in [0.4, 0.5) is 0 Å². The fraction of sp³-hybridized carbons (Fsp3) is 0.231. The van der Waals surface area contributed by atoms with Crippen molar-refractivity contribution in [1.29, 1.82) is 0 Å². The number of hydrogen-bond donors (Lipinski definition) is 1. The number of benzene rings is 1. The molecule has 0 saturated heterocycles. The monoisotopic (exact) mass is 215 g/mol. The van der Waals surface area contributed by atoms with Crippen molar-refractivity contribution in [2.75, 3.05) is 0 Å². The molecule has 0 saturated carbocycles. The average molecular weight is 215 g/mol. The van der Waals surface area contributed by atoms with Gasteiger partial charge in [-0.1, -0.05) is 24.3 Å². The van der Waals surface area contributed by atoms with Gasteiger partial charge in [0.2, 0.25) is 5.91 Å². The highest BCUT2D eigenvalue weighted by molar-refractivity contribution is 6.00. The van der Waals surface area contributed by atoms with Gasteiger partial charge in [-0.3, -0.25) is 9.59 Å². The van der Waals surface area contributed by atoms with E-state index in [1.54, 1.807) is 6.08 Å². The summed E-state index contributed by atoms with van der Waals surface area (Å²) in [6, 6.07) is 5.81. The Hall–Kier alpha value is -1.90. The van der Waals surface area contributed by atoms with Gasteiger partial charge >= 0.3 is 0 Å². The van der Waals surface area contributed by atoms with Crippen molar-refractivity contribution in [3.8, 4) is 0 Å². The summed E-state index contributed by atoms with van der Waals surface area (Å²) in [5.74, 6) is -0.145. The lowest BCUT2D eigenvalue weighted by Crippen LogP contribution is -2.07. The molecule has 1 aliphatic carbocycles. The van der Waals surface area contributed by atoms with Crippen molar-refractivity contribution < 1.29 is 9.59 Å². The Morgan fingerprint density at radius 1 is 1.38 bits per heavy atom. The third-order valence-electron chi connectivity index (χ3n) is 2.69. The molecule has 1 aromatic rings. The number of aryl methyl sites for hydroxylation is 1. The summed E-state index contributed by atoms with van der Waals surface area (Å²) >= 11 is 0. The number of carbonyl (C=O) groups is 2. The summed E-state index contributed by atoms with van der Waals surface area (Å²) in [5.41, 5.74) is 7.91. The number of hydrogen-bond acceptors (Lipinski definition) is 2. The lowest BCUT2D eigenvalue weighted by atomic mass is 10.1. The second-order valence-electron chi connectivity index (χ2n) is 3.91. The Balaban J connectivity index is 2.18. The summed E-state index contributed by atoms with van der Waals surface area (Å²) in [4.78, 5) is 22.0. The highest BCUT2D eigenvalue weighted by atomic mass is 16.1. The number of carbonyl (C=O) groups excluding carboxylic acids is 2. The van der Waals surface area contributed by atoms with Crippen LogP contribution in [0.1, 0.15) is 34.3 Å². The van der Waals surface area contributed by atoms with Crippen molar-refractivity contribution in [2.24, 2.45) is 5.73 Å². The minimum Gasteiger partial charge on any atom is -0.369 e. The summed E-state index contributed by atoms with van der Waals surface area (Å²) in [6.45, 7) is 0. The van der Waals surface area contributed by atoms with Gasteiger partial charge < -0.3 is 5.73 Å². The van der Waals surface area contributed by atoms with E-state index in [1.165, 1.54) is 0 Å². The molecule has 2 rings (SSSR count). The van der Waals surface area contributed by atoms with Crippen molar-refractivity contribution >= 4 is 17.8 Å². The average Bonchev–Trinajstić information content (AvgIpc) is 2.60. The minimum absolute atomic E-state index is 0.208. The van der Waals surface area contributed by atoms with Crippen LogP contribution in [-0.2, 0) is 11.2 Å². The first-order chi connectivity index (χ1) is 7.66. The van der Waals surface area contributed by atoms with Crippen LogP contribution in [0.25, 0.3) is 6.08 Å². The van der Waals surface area contributed by atoms with E-state index in [9.17, 15) is 9.59 Å². The molecule has 0 fully saturated rings. The Labute approximate surface area is 94.0 Å². The van der Waals surface area contributed by atoms with E-state index in [0.29, 0.717) is 6.42 Å². The maximum atomic E-state index is 11.5. The molecular formula is C13H13NO2. The van der Waals surface area contributed by atoms with Crippen LogP contribution in [0.5, 0.6) is 0 Å². The first kappa shape index (κ1) is 10.6. The molecule has 0 radical (unpaired) electrons. The summed E-state index contributed by atoms with van der Waals surface area (Å²) in [7, 11) is 0. The number of Topliss-reactive ketones (excluding diaryl/α,β-unsaturated/α-hetero) is 1. The molecule has 1 aromatic carbocycles. The third-order valence-corrected chi connectivity index (χ3v) is 2.69. The van der Waals surface area contributed by atoms with Crippen LogP contribution in [0.3, 0.4) is 0 Å². The van der Waals surface area contributed by atoms with Gasteiger partial charge in [-0.05, 0) is 23.6 Å². The van der Waals surface area contributed by atoms with Gasteiger partial charge in [0.05, 0.1) is 0 Å². The van der Waals surface area contributed by atoms with Crippen LogP contribution in [0.2, 0.25) is 0 Å². The number of fused-ring (bicyclic) bond motifs is 1. The van der Waals surface area contributed by atoms with E-state index in [1.807, 2.05) is 24.3 Å². The molecule has 3 heteroatoms.